The van der Waals surface area contributed by atoms with Crippen LogP contribution in [0.4, 0.5) is 0 Å². The number of hydrogen-bond acceptors (Lipinski definition) is 3. The van der Waals surface area contributed by atoms with Crippen LogP contribution in [0, 0.1) is 11.3 Å². The van der Waals surface area contributed by atoms with Crippen molar-refractivity contribution in [3.63, 3.8) is 0 Å². The van der Waals surface area contributed by atoms with Crippen LogP contribution in [0.15, 0.2) is 12.3 Å². The van der Waals surface area contributed by atoms with Crippen molar-refractivity contribution >= 4 is 5.78 Å². The van der Waals surface area contributed by atoms with Gasteiger partial charge < -0.3 is 10.2 Å². The monoisotopic (exact) mass is 292 g/mol. The van der Waals surface area contributed by atoms with Crippen LogP contribution in [0.2, 0.25) is 0 Å². The predicted molar refractivity (Wildman–Crippen MR) is 88.2 cm³/mol. The summed E-state index contributed by atoms with van der Waals surface area (Å²) < 4.78 is 0. The van der Waals surface area contributed by atoms with Gasteiger partial charge in [-0.15, -0.1) is 0 Å². The molecule has 0 bridgehead atoms. The van der Waals surface area contributed by atoms with Crippen molar-refractivity contribution in [2.24, 2.45) is 11.3 Å². The Morgan fingerprint density at radius 1 is 1.33 bits per heavy atom. The molecule has 1 N–H and O–H groups in total. The summed E-state index contributed by atoms with van der Waals surface area (Å²) in [6, 6.07) is 0. The normalized spacial score (nSPS) is 23.0. The third kappa shape index (κ3) is 4.32. The van der Waals surface area contributed by atoms with Crippen LogP contribution < -0.4 is 5.32 Å². The van der Waals surface area contributed by atoms with Crippen LogP contribution >= 0.6 is 0 Å². The maximum Gasteiger partial charge on any atom is 0.132 e. The lowest BCUT2D eigenvalue weighted by Crippen LogP contribution is -2.48. The van der Waals surface area contributed by atoms with E-state index < -0.39 is 0 Å². The molecule has 21 heavy (non-hydrogen) atoms. The summed E-state index contributed by atoms with van der Waals surface area (Å²) in [4.78, 5) is 14.1. The molecule has 2 aliphatic heterocycles. The summed E-state index contributed by atoms with van der Waals surface area (Å²) in [7, 11) is 0. The molecule has 0 aromatic carbocycles. The molecule has 0 aliphatic carbocycles. The second kappa shape index (κ2) is 7.44. The number of hydrogen-bond donors (Lipinski definition) is 1. The van der Waals surface area contributed by atoms with E-state index in [0.717, 1.165) is 25.8 Å². The van der Waals surface area contributed by atoms with Crippen LogP contribution in [-0.2, 0) is 4.79 Å². The molecular weight excluding hydrogens is 260 g/mol. The lowest BCUT2D eigenvalue weighted by molar-refractivity contribution is -0.121. The first-order valence-corrected chi connectivity index (χ1v) is 8.70. The highest BCUT2D eigenvalue weighted by Crippen LogP contribution is 2.39. The lowest BCUT2D eigenvalue weighted by atomic mass is 9.73. The molecular formula is C18H32N2O. The number of rotatable bonds is 6. The second-order valence-electron chi connectivity index (χ2n) is 7.10. The third-order valence-corrected chi connectivity index (χ3v) is 5.62. The largest absolute Gasteiger partial charge is 0.375 e. The molecule has 2 aliphatic rings. The lowest BCUT2D eigenvalue weighted by Gasteiger charge is -2.47. The van der Waals surface area contributed by atoms with E-state index in [1.165, 1.54) is 51.0 Å². The van der Waals surface area contributed by atoms with Crippen molar-refractivity contribution in [1.82, 2.24) is 10.2 Å². The van der Waals surface area contributed by atoms with Crippen molar-refractivity contribution < 1.29 is 4.79 Å². The highest BCUT2D eigenvalue weighted by molar-refractivity contribution is 5.78. The van der Waals surface area contributed by atoms with Gasteiger partial charge >= 0.3 is 0 Å². The Morgan fingerprint density at radius 2 is 2.05 bits per heavy atom. The smallest absolute Gasteiger partial charge is 0.132 e. The van der Waals surface area contributed by atoms with E-state index in [-0.39, 0.29) is 5.92 Å². The molecule has 0 saturated carbocycles. The summed E-state index contributed by atoms with van der Waals surface area (Å²) >= 11 is 0. The van der Waals surface area contributed by atoms with Gasteiger partial charge in [0.25, 0.3) is 0 Å². The Morgan fingerprint density at radius 3 is 2.67 bits per heavy atom. The maximum atomic E-state index is 11.6. The molecule has 0 radical (unpaired) electrons. The average Bonchev–Trinajstić information content (AvgIpc) is 2.48. The van der Waals surface area contributed by atoms with Gasteiger partial charge in [0.15, 0.2) is 0 Å². The van der Waals surface area contributed by atoms with Gasteiger partial charge in [-0.25, -0.2) is 0 Å². The summed E-state index contributed by atoms with van der Waals surface area (Å²) in [5.74, 6) is 0.554. The Hall–Kier alpha value is -0.830. The molecule has 2 heterocycles. The van der Waals surface area contributed by atoms with Crippen LogP contribution in [0.3, 0.4) is 0 Å². The minimum Gasteiger partial charge on any atom is -0.375 e. The third-order valence-electron chi connectivity index (χ3n) is 5.62. The summed E-state index contributed by atoms with van der Waals surface area (Å²) in [5, 5.41) is 3.48. The molecule has 0 aromatic rings. The van der Waals surface area contributed by atoms with Gasteiger partial charge in [-0.3, -0.25) is 4.79 Å². The molecule has 0 amide bonds. The minimum absolute atomic E-state index is 0.222. The van der Waals surface area contributed by atoms with Crippen LogP contribution in [0.25, 0.3) is 0 Å². The molecule has 1 unspecified atom stereocenters. The summed E-state index contributed by atoms with van der Waals surface area (Å²) in [6.45, 7) is 12.8. The van der Waals surface area contributed by atoms with E-state index in [1.54, 1.807) is 6.92 Å². The molecule has 120 valence electrons. The zero-order valence-corrected chi connectivity index (χ0v) is 13.9. The first kappa shape index (κ1) is 16.5. The van der Waals surface area contributed by atoms with E-state index in [9.17, 15) is 4.79 Å². The standard InChI is InChI=1S/C18H32N2O/c1-4-17(16(3)21)7-6-15(2)20-13-5-8-18(14-20)9-11-19-12-10-18/h17,19H,2,4-14H2,1,3H3. The van der Waals surface area contributed by atoms with Crippen LogP contribution in [0.1, 0.15) is 58.8 Å². The molecule has 0 aromatic heterocycles. The number of piperidine rings is 2. The van der Waals surface area contributed by atoms with Crippen LogP contribution in [0.5, 0.6) is 0 Å². The van der Waals surface area contributed by atoms with E-state index in [4.69, 9.17) is 0 Å². The maximum absolute atomic E-state index is 11.6. The van der Waals surface area contributed by atoms with Crippen LogP contribution in [-0.4, -0.2) is 36.9 Å². The van der Waals surface area contributed by atoms with Gasteiger partial charge in [0.05, 0.1) is 0 Å². The van der Waals surface area contributed by atoms with Gasteiger partial charge in [-0.2, -0.15) is 0 Å². The number of carbonyl (C=O) groups is 1. The molecule has 1 spiro atoms. The number of allylic oxidation sites excluding steroid dienone is 1. The second-order valence-corrected chi connectivity index (χ2v) is 7.10. The fourth-order valence-electron chi connectivity index (χ4n) is 4.04. The number of nitrogens with one attached hydrogen (secondary N) is 1. The fraction of sp³-hybridized carbons (Fsp3) is 0.833. The van der Waals surface area contributed by atoms with E-state index in [0.29, 0.717) is 11.2 Å². The summed E-state index contributed by atoms with van der Waals surface area (Å²) in [6.07, 6.45) is 8.19. The highest BCUT2D eigenvalue weighted by Gasteiger charge is 2.36. The number of Topliss-reactive ketones (excluding diaryl/α,β-unsaturated/α-hetero) is 1. The first-order valence-electron chi connectivity index (χ1n) is 8.70. The number of ketones is 1. The van der Waals surface area contributed by atoms with Gasteiger partial charge in [-0.1, -0.05) is 13.5 Å². The van der Waals surface area contributed by atoms with Gasteiger partial charge in [0, 0.05) is 24.7 Å². The topological polar surface area (TPSA) is 32.3 Å². The number of carbonyl (C=O) groups excluding carboxylic acids is 1. The summed E-state index contributed by atoms with van der Waals surface area (Å²) in [5.41, 5.74) is 1.78. The zero-order valence-electron chi connectivity index (χ0n) is 13.9. The molecule has 1 atom stereocenters. The molecule has 2 rings (SSSR count). The highest BCUT2D eigenvalue weighted by atomic mass is 16.1. The van der Waals surface area contributed by atoms with Gasteiger partial charge in [-0.05, 0) is 70.4 Å². The van der Waals surface area contributed by atoms with Crippen molar-refractivity contribution in [1.29, 1.82) is 0 Å². The SMILES string of the molecule is C=C(CCC(CC)C(C)=O)N1CCCC2(CCNCC2)C1. The Kier molecular flexibility index (Phi) is 5.86. The van der Waals surface area contributed by atoms with E-state index in [2.05, 4.69) is 23.7 Å². The predicted octanol–water partition coefficient (Wildman–Crippen LogP) is 3.36. The Balaban J connectivity index is 1.85. The average molecular weight is 292 g/mol. The van der Waals surface area contributed by atoms with E-state index >= 15 is 0 Å². The van der Waals surface area contributed by atoms with Crippen molar-refractivity contribution in [2.75, 3.05) is 26.2 Å². The molecule has 2 fully saturated rings. The first-order chi connectivity index (χ1) is 10.1. The van der Waals surface area contributed by atoms with Crippen molar-refractivity contribution in [3.8, 4) is 0 Å². The fourth-order valence-corrected chi connectivity index (χ4v) is 4.04. The number of nitrogens with zero attached hydrogens (tertiary/aromatic N) is 1. The zero-order chi connectivity index (χ0) is 15.3. The van der Waals surface area contributed by atoms with Gasteiger partial charge in [0.2, 0.25) is 0 Å². The molecule has 2 saturated heterocycles. The Bertz CT molecular complexity index is 366. The molecule has 3 nitrogen and oxygen atoms in total. The quantitative estimate of drug-likeness (QED) is 0.814. The van der Waals surface area contributed by atoms with Crippen molar-refractivity contribution in [2.45, 2.75) is 58.8 Å². The minimum atomic E-state index is 0.222. The van der Waals surface area contributed by atoms with E-state index in [1.807, 2.05) is 0 Å². The van der Waals surface area contributed by atoms with Gasteiger partial charge in [0.1, 0.15) is 5.78 Å². The number of likely N-dealkylation sites (tertiary alicyclic amines) is 1. The molecule has 3 heteroatoms. The Labute approximate surface area is 130 Å². The van der Waals surface area contributed by atoms with Crippen molar-refractivity contribution in [3.05, 3.63) is 12.3 Å².